The number of furan rings is 1. The molecule has 1 aromatic rings. The molecule has 18 heavy (non-hydrogen) atoms. The van der Waals surface area contributed by atoms with Crippen molar-refractivity contribution in [3.05, 3.63) is 23.2 Å². The first-order valence-electron chi connectivity index (χ1n) is 4.70. The van der Waals surface area contributed by atoms with E-state index < -0.39 is 5.97 Å². The van der Waals surface area contributed by atoms with Crippen LogP contribution in [0.25, 0.3) is 0 Å². The fourth-order valence-corrected chi connectivity index (χ4v) is 1.13. The summed E-state index contributed by atoms with van der Waals surface area (Å²) in [5.74, 6) is -0.830. The Morgan fingerprint density at radius 2 is 2.00 bits per heavy atom. The van der Waals surface area contributed by atoms with Gasteiger partial charge in [-0.2, -0.15) is 15.8 Å². The molecule has 92 valence electrons. The van der Waals surface area contributed by atoms with Gasteiger partial charge in [-0.15, -0.1) is 0 Å². The Bertz CT molecular complexity index is 500. The van der Waals surface area contributed by atoms with Crippen molar-refractivity contribution in [2.45, 2.75) is 12.8 Å². The van der Waals surface area contributed by atoms with Gasteiger partial charge in [-0.25, -0.2) is 0 Å². The van der Waals surface area contributed by atoms with Crippen LogP contribution in [0.4, 0.5) is 0 Å². The van der Waals surface area contributed by atoms with Gasteiger partial charge in [0.25, 0.3) is 0 Å². The summed E-state index contributed by atoms with van der Waals surface area (Å²) in [7, 11) is 0. The number of nitriles is 3. The lowest BCUT2D eigenvalue weighted by atomic mass is 10.2. The maximum atomic E-state index is 9.74. The van der Waals surface area contributed by atoms with E-state index in [1.54, 1.807) is 18.2 Å². The summed E-state index contributed by atoms with van der Waals surface area (Å²) >= 11 is 3.11. The molecular formula is C11H8BrN3O3. The minimum atomic E-state index is -0.723. The summed E-state index contributed by atoms with van der Waals surface area (Å²) in [6.45, 7) is 0. The van der Waals surface area contributed by atoms with Crippen molar-refractivity contribution in [1.29, 1.82) is 15.8 Å². The topological polar surface area (TPSA) is 122 Å². The quantitative estimate of drug-likeness (QED) is 0.853. The van der Waals surface area contributed by atoms with E-state index in [0.29, 0.717) is 0 Å². The SMILES string of the molecule is N#Cc1coc(C#N)c1C#N.O=C(O)CCCBr. The monoisotopic (exact) mass is 309 g/mol. The lowest BCUT2D eigenvalue weighted by Gasteiger charge is -1.84. The number of carboxylic acids is 1. The number of hydrogen-bond donors (Lipinski definition) is 1. The van der Waals surface area contributed by atoms with Crippen molar-refractivity contribution >= 4 is 21.9 Å². The molecule has 0 atom stereocenters. The summed E-state index contributed by atoms with van der Waals surface area (Å²) in [4.78, 5) is 9.74. The van der Waals surface area contributed by atoms with Gasteiger partial charge < -0.3 is 9.52 Å². The zero-order valence-electron chi connectivity index (χ0n) is 9.18. The molecule has 0 spiro atoms. The Labute approximate surface area is 112 Å². The van der Waals surface area contributed by atoms with Gasteiger partial charge in [-0.05, 0) is 6.42 Å². The zero-order chi connectivity index (χ0) is 14.0. The summed E-state index contributed by atoms with van der Waals surface area (Å²) in [6.07, 6.45) is 2.08. The highest BCUT2D eigenvalue weighted by atomic mass is 79.9. The first kappa shape index (κ1) is 15.7. The third-order valence-corrected chi connectivity index (χ3v) is 2.21. The molecular weight excluding hydrogens is 302 g/mol. The van der Waals surface area contributed by atoms with Gasteiger partial charge in [0.05, 0.1) is 0 Å². The van der Waals surface area contributed by atoms with Gasteiger partial charge >= 0.3 is 5.97 Å². The van der Waals surface area contributed by atoms with Crippen LogP contribution in [0.2, 0.25) is 0 Å². The van der Waals surface area contributed by atoms with Crippen LogP contribution in [0.1, 0.15) is 29.7 Å². The Kier molecular flexibility index (Phi) is 7.68. The zero-order valence-corrected chi connectivity index (χ0v) is 10.8. The molecule has 0 unspecified atom stereocenters. The van der Waals surface area contributed by atoms with Gasteiger partial charge in [-0.1, -0.05) is 15.9 Å². The van der Waals surface area contributed by atoms with E-state index in [4.69, 9.17) is 20.9 Å². The molecule has 1 N–H and O–H groups in total. The van der Waals surface area contributed by atoms with Gasteiger partial charge in [0.15, 0.2) is 0 Å². The minimum Gasteiger partial charge on any atom is -0.481 e. The highest BCUT2D eigenvalue weighted by molar-refractivity contribution is 9.09. The number of aliphatic carboxylic acids is 1. The molecule has 1 rings (SSSR count). The first-order valence-corrected chi connectivity index (χ1v) is 5.82. The maximum Gasteiger partial charge on any atom is 0.303 e. The number of carbonyl (C=O) groups is 1. The molecule has 0 aromatic carbocycles. The highest BCUT2D eigenvalue weighted by Crippen LogP contribution is 2.13. The molecule has 0 saturated carbocycles. The van der Waals surface area contributed by atoms with Gasteiger partial charge in [0, 0.05) is 11.8 Å². The second kappa shape index (κ2) is 8.81. The van der Waals surface area contributed by atoms with E-state index in [1.165, 1.54) is 0 Å². The van der Waals surface area contributed by atoms with Crippen LogP contribution in [-0.2, 0) is 4.79 Å². The Morgan fingerprint density at radius 3 is 2.33 bits per heavy atom. The first-order chi connectivity index (χ1) is 8.60. The van der Waals surface area contributed by atoms with Gasteiger partial charge in [-0.3, -0.25) is 4.79 Å². The molecule has 0 aliphatic carbocycles. The number of rotatable bonds is 3. The maximum absolute atomic E-state index is 9.74. The second-order valence-electron chi connectivity index (χ2n) is 2.88. The molecule has 1 heterocycles. The Morgan fingerprint density at radius 1 is 1.33 bits per heavy atom. The number of hydrogen-bond acceptors (Lipinski definition) is 5. The van der Waals surface area contributed by atoms with Crippen LogP contribution in [0, 0.1) is 34.0 Å². The van der Waals surface area contributed by atoms with Crippen LogP contribution in [0.3, 0.4) is 0 Å². The van der Waals surface area contributed by atoms with E-state index in [9.17, 15) is 4.79 Å². The summed E-state index contributed by atoms with van der Waals surface area (Å²) in [5, 5.41) is 34.0. The Hall–Kier alpha value is -2.30. The number of carboxylic acid groups (broad SMARTS) is 1. The standard InChI is InChI=1S/C7HN3O.C4H7BrO2/c8-1-5-4-11-7(3-10)6(5)2-9;5-3-1-2-4(6)7/h4H;1-3H2,(H,6,7). The van der Waals surface area contributed by atoms with E-state index in [0.717, 1.165) is 18.0 Å². The van der Waals surface area contributed by atoms with Crippen molar-refractivity contribution < 1.29 is 14.3 Å². The second-order valence-corrected chi connectivity index (χ2v) is 3.67. The average Bonchev–Trinajstić information content (AvgIpc) is 2.78. The van der Waals surface area contributed by atoms with E-state index in [2.05, 4.69) is 20.3 Å². The number of nitrogens with zero attached hydrogens (tertiary/aromatic N) is 3. The summed E-state index contributed by atoms with van der Waals surface area (Å²) in [6, 6.07) is 5.10. The molecule has 0 bridgehead atoms. The molecule has 0 saturated heterocycles. The fraction of sp³-hybridized carbons (Fsp3) is 0.273. The van der Waals surface area contributed by atoms with Crippen molar-refractivity contribution in [3.63, 3.8) is 0 Å². The largest absolute Gasteiger partial charge is 0.481 e. The molecule has 1 aromatic heterocycles. The van der Waals surface area contributed by atoms with Crippen LogP contribution in [-0.4, -0.2) is 16.4 Å². The van der Waals surface area contributed by atoms with Crippen LogP contribution in [0.15, 0.2) is 10.7 Å². The van der Waals surface area contributed by atoms with Crippen LogP contribution < -0.4 is 0 Å². The third kappa shape index (κ3) is 5.16. The van der Waals surface area contributed by atoms with Crippen molar-refractivity contribution in [3.8, 4) is 18.2 Å². The lowest BCUT2D eigenvalue weighted by Crippen LogP contribution is -1.93. The molecule has 0 radical (unpaired) electrons. The highest BCUT2D eigenvalue weighted by Gasteiger charge is 2.11. The molecule has 6 nitrogen and oxygen atoms in total. The number of alkyl halides is 1. The van der Waals surface area contributed by atoms with Crippen molar-refractivity contribution in [2.24, 2.45) is 0 Å². The molecule has 0 fully saturated rings. The van der Waals surface area contributed by atoms with E-state index >= 15 is 0 Å². The van der Waals surface area contributed by atoms with E-state index in [1.807, 2.05) is 0 Å². The summed E-state index contributed by atoms with van der Waals surface area (Å²) < 4.78 is 4.62. The predicted molar refractivity (Wildman–Crippen MR) is 63.5 cm³/mol. The lowest BCUT2D eigenvalue weighted by molar-refractivity contribution is -0.137. The van der Waals surface area contributed by atoms with Gasteiger partial charge in [0.2, 0.25) is 5.76 Å². The Balaban J connectivity index is 0.000000360. The molecule has 0 aliphatic heterocycles. The van der Waals surface area contributed by atoms with E-state index in [-0.39, 0.29) is 23.3 Å². The third-order valence-electron chi connectivity index (χ3n) is 1.65. The molecule has 0 aliphatic rings. The predicted octanol–water partition coefficient (Wildman–Crippen LogP) is 2.14. The molecule has 0 amide bonds. The number of halogens is 1. The normalized spacial score (nSPS) is 8.11. The van der Waals surface area contributed by atoms with Crippen molar-refractivity contribution in [2.75, 3.05) is 5.33 Å². The van der Waals surface area contributed by atoms with Gasteiger partial charge in [0.1, 0.15) is 35.6 Å². The molecule has 7 heteroatoms. The fourth-order valence-electron chi connectivity index (χ4n) is 0.852. The minimum absolute atomic E-state index is 0.00926. The summed E-state index contributed by atoms with van der Waals surface area (Å²) in [5.41, 5.74) is 0.110. The van der Waals surface area contributed by atoms with Crippen LogP contribution >= 0.6 is 15.9 Å². The smallest absolute Gasteiger partial charge is 0.303 e. The van der Waals surface area contributed by atoms with Crippen LogP contribution in [0.5, 0.6) is 0 Å². The average molecular weight is 310 g/mol. The van der Waals surface area contributed by atoms with Crippen molar-refractivity contribution in [1.82, 2.24) is 0 Å².